The first-order valence-corrected chi connectivity index (χ1v) is 5.81. The summed E-state index contributed by atoms with van der Waals surface area (Å²) in [4.78, 5) is 14.3. The molecule has 0 atom stereocenters. The minimum Gasteiger partial charge on any atom is -0.476 e. The van der Waals surface area contributed by atoms with Crippen molar-refractivity contribution in [2.24, 2.45) is 0 Å². The minimum atomic E-state index is -1.53. The summed E-state index contributed by atoms with van der Waals surface area (Å²) in [6.45, 7) is 0. The van der Waals surface area contributed by atoms with Gasteiger partial charge in [-0.3, -0.25) is 0 Å². The van der Waals surface area contributed by atoms with E-state index in [-0.39, 0.29) is 16.4 Å². The van der Waals surface area contributed by atoms with Gasteiger partial charge in [-0.05, 0) is 17.7 Å². The van der Waals surface area contributed by atoms with E-state index in [4.69, 9.17) is 34.0 Å². The highest BCUT2D eigenvalue weighted by atomic mass is 35.5. The number of aromatic carboxylic acids is 1. The van der Waals surface area contributed by atoms with Crippen LogP contribution in [0.25, 0.3) is 11.1 Å². The number of nitrogens with zero attached hydrogens (tertiary/aromatic N) is 1. The van der Waals surface area contributed by atoms with Crippen molar-refractivity contribution in [2.45, 2.75) is 0 Å². The molecular formula is C12H7Cl2FN2O2. The molecule has 0 aliphatic heterocycles. The first-order chi connectivity index (χ1) is 8.91. The van der Waals surface area contributed by atoms with Gasteiger partial charge >= 0.3 is 5.97 Å². The number of carboxylic acids is 1. The number of anilines is 1. The molecule has 0 amide bonds. The van der Waals surface area contributed by atoms with Gasteiger partial charge in [0.2, 0.25) is 0 Å². The quantitative estimate of drug-likeness (QED) is 0.833. The van der Waals surface area contributed by atoms with Crippen LogP contribution in [0.1, 0.15) is 10.5 Å². The predicted octanol–water partition coefficient (Wildman–Crippen LogP) is 3.47. The maximum absolute atomic E-state index is 13.8. The molecule has 4 nitrogen and oxygen atoms in total. The van der Waals surface area contributed by atoms with Crippen LogP contribution >= 0.6 is 23.2 Å². The number of pyridine rings is 1. The summed E-state index contributed by atoms with van der Waals surface area (Å²) < 4.78 is 13.8. The lowest BCUT2D eigenvalue weighted by atomic mass is 10.1. The molecule has 0 saturated carbocycles. The van der Waals surface area contributed by atoms with E-state index < -0.39 is 17.5 Å². The average molecular weight is 301 g/mol. The Labute approximate surface area is 117 Å². The molecule has 3 N–H and O–H groups in total. The van der Waals surface area contributed by atoms with Gasteiger partial charge < -0.3 is 10.8 Å². The highest BCUT2D eigenvalue weighted by Gasteiger charge is 2.22. The summed E-state index contributed by atoms with van der Waals surface area (Å²) in [7, 11) is 0. The first kappa shape index (κ1) is 13.6. The summed E-state index contributed by atoms with van der Waals surface area (Å²) in [5.74, 6) is -2.64. The molecule has 0 aliphatic rings. The van der Waals surface area contributed by atoms with Crippen molar-refractivity contribution in [3.05, 3.63) is 46.0 Å². The highest BCUT2D eigenvalue weighted by molar-refractivity contribution is 6.33. The fourth-order valence-electron chi connectivity index (χ4n) is 1.58. The summed E-state index contributed by atoms with van der Waals surface area (Å²) >= 11 is 11.6. The third kappa shape index (κ3) is 2.47. The van der Waals surface area contributed by atoms with Crippen molar-refractivity contribution in [1.82, 2.24) is 4.98 Å². The van der Waals surface area contributed by atoms with Crippen molar-refractivity contribution in [3.63, 3.8) is 0 Å². The monoisotopic (exact) mass is 300 g/mol. The van der Waals surface area contributed by atoms with E-state index in [1.165, 1.54) is 0 Å². The molecule has 1 aromatic heterocycles. The van der Waals surface area contributed by atoms with E-state index in [0.29, 0.717) is 10.6 Å². The molecule has 1 aromatic carbocycles. The number of hydrogen-bond donors (Lipinski definition) is 2. The fraction of sp³-hybridized carbons (Fsp3) is 0. The van der Waals surface area contributed by atoms with Gasteiger partial charge in [-0.1, -0.05) is 35.3 Å². The third-order valence-electron chi connectivity index (χ3n) is 2.47. The van der Waals surface area contributed by atoms with Crippen LogP contribution in [0.15, 0.2) is 24.3 Å². The average Bonchev–Trinajstić information content (AvgIpc) is 2.36. The zero-order valence-corrected chi connectivity index (χ0v) is 10.8. The van der Waals surface area contributed by atoms with Gasteiger partial charge in [-0.2, -0.15) is 0 Å². The molecule has 0 saturated heterocycles. The largest absolute Gasteiger partial charge is 0.476 e. The molecule has 0 spiro atoms. The Morgan fingerprint density at radius 2 is 1.84 bits per heavy atom. The summed E-state index contributed by atoms with van der Waals surface area (Å²) in [6.07, 6.45) is 0. The number of nitrogen functional groups attached to an aromatic ring is 1. The van der Waals surface area contributed by atoms with Crippen molar-refractivity contribution in [3.8, 4) is 11.1 Å². The Kier molecular flexibility index (Phi) is 3.59. The lowest BCUT2D eigenvalue weighted by Gasteiger charge is -2.10. The topological polar surface area (TPSA) is 76.2 Å². The Morgan fingerprint density at radius 1 is 1.26 bits per heavy atom. The highest BCUT2D eigenvalue weighted by Crippen LogP contribution is 2.35. The smallest absolute Gasteiger partial charge is 0.357 e. The number of nitrogens with two attached hydrogens (primary N) is 1. The van der Waals surface area contributed by atoms with Crippen LogP contribution in [-0.2, 0) is 0 Å². The van der Waals surface area contributed by atoms with E-state index in [2.05, 4.69) is 4.98 Å². The van der Waals surface area contributed by atoms with Gasteiger partial charge in [0, 0.05) is 10.6 Å². The molecule has 2 aromatic rings. The van der Waals surface area contributed by atoms with Crippen LogP contribution in [0, 0.1) is 5.82 Å². The SMILES string of the molecule is Nc1c(F)c(C(=O)O)nc(Cl)c1-c1ccc(Cl)cc1. The van der Waals surface area contributed by atoms with Crippen LogP contribution < -0.4 is 5.73 Å². The van der Waals surface area contributed by atoms with E-state index >= 15 is 0 Å². The summed E-state index contributed by atoms with van der Waals surface area (Å²) in [6, 6.07) is 6.33. The fourth-order valence-corrected chi connectivity index (χ4v) is 2.01. The van der Waals surface area contributed by atoms with Crippen molar-refractivity contribution in [2.75, 3.05) is 5.73 Å². The number of rotatable bonds is 2. The molecular weight excluding hydrogens is 294 g/mol. The Bertz CT molecular complexity index is 660. The second-order valence-corrected chi connectivity index (χ2v) is 4.46. The molecule has 2 rings (SSSR count). The number of aromatic nitrogens is 1. The number of carboxylic acid groups (broad SMARTS) is 1. The van der Waals surface area contributed by atoms with E-state index in [1.807, 2.05) is 0 Å². The Hall–Kier alpha value is -1.85. The van der Waals surface area contributed by atoms with E-state index in [9.17, 15) is 9.18 Å². The molecule has 98 valence electrons. The molecule has 0 fully saturated rings. The second kappa shape index (κ2) is 5.03. The number of halogens is 3. The first-order valence-electron chi connectivity index (χ1n) is 5.05. The van der Waals surface area contributed by atoms with E-state index in [1.54, 1.807) is 24.3 Å². The molecule has 19 heavy (non-hydrogen) atoms. The Balaban J connectivity index is 2.68. The van der Waals surface area contributed by atoms with Gasteiger partial charge in [-0.25, -0.2) is 14.2 Å². The van der Waals surface area contributed by atoms with Crippen molar-refractivity contribution in [1.29, 1.82) is 0 Å². The van der Waals surface area contributed by atoms with Crippen LogP contribution in [0.3, 0.4) is 0 Å². The normalized spacial score (nSPS) is 10.5. The zero-order chi connectivity index (χ0) is 14.2. The lowest BCUT2D eigenvalue weighted by Crippen LogP contribution is -2.09. The molecule has 7 heteroatoms. The van der Waals surface area contributed by atoms with Gasteiger partial charge in [0.25, 0.3) is 0 Å². The maximum Gasteiger partial charge on any atom is 0.357 e. The Morgan fingerprint density at radius 3 is 2.37 bits per heavy atom. The number of hydrogen-bond acceptors (Lipinski definition) is 3. The predicted molar refractivity (Wildman–Crippen MR) is 71.0 cm³/mol. The van der Waals surface area contributed by atoms with Gasteiger partial charge in [0.05, 0.1) is 5.69 Å². The molecule has 0 bridgehead atoms. The number of benzene rings is 1. The third-order valence-corrected chi connectivity index (χ3v) is 2.99. The molecule has 1 heterocycles. The van der Waals surface area contributed by atoms with Crippen molar-refractivity contribution < 1.29 is 14.3 Å². The van der Waals surface area contributed by atoms with E-state index in [0.717, 1.165) is 0 Å². The van der Waals surface area contributed by atoms with Crippen LogP contribution in [0.2, 0.25) is 10.2 Å². The summed E-state index contributed by atoms with van der Waals surface area (Å²) in [5, 5.41) is 9.09. The van der Waals surface area contributed by atoms with Crippen LogP contribution in [0.5, 0.6) is 0 Å². The molecule has 0 aliphatic carbocycles. The summed E-state index contributed by atoms with van der Waals surface area (Å²) in [5.41, 5.74) is 5.06. The van der Waals surface area contributed by atoms with Gasteiger partial charge in [-0.15, -0.1) is 0 Å². The van der Waals surface area contributed by atoms with Gasteiger partial charge in [0.15, 0.2) is 11.5 Å². The van der Waals surface area contributed by atoms with Crippen LogP contribution in [-0.4, -0.2) is 16.1 Å². The maximum atomic E-state index is 13.8. The molecule has 0 radical (unpaired) electrons. The standard InChI is InChI=1S/C12H7Cl2FN2O2/c13-6-3-1-5(2-4-6)7-9(16)8(15)10(12(18)19)17-11(7)14/h1-4H,(H2,16,17)(H,18,19). The van der Waals surface area contributed by atoms with Gasteiger partial charge in [0.1, 0.15) is 5.15 Å². The molecule has 0 unspecified atom stereocenters. The number of carbonyl (C=O) groups is 1. The van der Waals surface area contributed by atoms with Crippen LogP contribution in [0.4, 0.5) is 10.1 Å². The minimum absolute atomic E-state index is 0.140. The van der Waals surface area contributed by atoms with Crippen molar-refractivity contribution >= 4 is 34.9 Å². The second-order valence-electron chi connectivity index (χ2n) is 3.67. The lowest BCUT2D eigenvalue weighted by molar-refractivity contribution is 0.0685. The zero-order valence-electron chi connectivity index (χ0n) is 9.32.